The van der Waals surface area contributed by atoms with Gasteiger partial charge in [-0.15, -0.1) is 11.6 Å². The molecule has 0 aliphatic rings. The summed E-state index contributed by atoms with van der Waals surface area (Å²) >= 11 is 5.37. The molecule has 1 rings (SSSR count). The van der Waals surface area contributed by atoms with Crippen LogP contribution in [0.1, 0.15) is 5.82 Å². The van der Waals surface area contributed by atoms with Gasteiger partial charge in [-0.05, 0) is 0 Å². The Morgan fingerprint density at radius 2 is 2.14 bits per heavy atom. The van der Waals surface area contributed by atoms with E-state index in [-0.39, 0.29) is 11.7 Å². The van der Waals surface area contributed by atoms with Crippen molar-refractivity contribution in [3.05, 3.63) is 18.2 Å². The Labute approximate surface area is 82.5 Å². The molecule has 0 atom stereocenters. The summed E-state index contributed by atoms with van der Waals surface area (Å²) in [6, 6.07) is 0. The van der Waals surface area contributed by atoms with Gasteiger partial charge in [0.15, 0.2) is 0 Å². The predicted octanol–water partition coefficient (Wildman–Crippen LogP) is 2.52. The Bertz CT molecular complexity index is 300. The fraction of sp³-hybridized carbons (Fsp3) is 0.571. The molecule has 0 saturated carbocycles. The monoisotopic (exact) mass is 230 g/mol. The summed E-state index contributed by atoms with van der Waals surface area (Å²) in [6.07, 6.45) is -1.26. The molecule has 7 heteroatoms. The topological polar surface area (TPSA) is 17.8 Å². The molecule has 14 heavy (non-hydrogen) atoms. The van der Waals surface area contributed by atoms with Gasteiger partial charge in [-0.1, -0.05) is 0 Å². The van der Waals surface area contributed by atoms with E-state index in [4.69, 9.17) is 11.6 Å². The molecule has 0 aliphatic carbocycles. The van der Waals surface area contributed by atoms with Crippen molar-refractivity contribution in [1.29, 1.82) is 0 Å². The van der Waals surface area contributed by atoms with Crippen LogP contribution in [-0.2, 0) is 12.4 Å². The molecular weight excluding hydrogens is 224 g/mol. The van der Waals surface area contributed by atoms with Crippen molar-refractivity contribution in [3.8, 4) is 0 Å². The third-order valence-corrected chi connectivity index (χ3v) is 1.86. The van der Waals surface area contributed by atoms with Crippen molar-refractivity contribution < 1.29 is 17.6 Å². The number of nitrogens with zero attached hydrogens (tertiary/aromatic N) is 2. The Kier molecular flexibility index (Phi) is 3.36. The van der Waals surface area contributed by atoms with Gasteiger partial charge in [0.25, 0.3) is 0 Å². The number of hydrogen-bond acceptors (Lipinski definition) is 1. The molecule has 0 aromatic carbocycles. The van der Waals surface area contributed by atoms with E-state index in [1.54, 1.807) is 0 Å². The van der Waals surface area contributed by atoms with Gasteiger partial charge >= 0.3 is 12.3 Å². The molecule has 0 amide bonds. The third-order valence-electron chi connectivity index (χ3n) is 1.62. The lowest BCUT2D eigenvalue weighted by atomic mass is 10.3. The molecule has 1 aromatic rings. The molecule has 0 spiro atoms. The lowest BCUT2D eigenvalue weighted by molar-refractivity contribution is -0.138. The minimum Gasteiger partial charge on any atom is -0.328 e. The van der Waals surface area contributed by atoms with Crippen LogP contribution in [0.15, 0.2) is 12.4 Å². The van der Waals surface area contributed by atoms with E-state index in [0.717, 1.165) is 4.57 Å². The van der Waals surface area contributed by atoms with Crippen molar-refractivity contribution in [2.75, 3.05) is 0 Å². The zero-order chi connectivity index (χ0) is 10.8. The normalized spacial score (nSPS) is 12.4. The molecular formula is C7H7ClF4N2. The molecule has 80 valence electrons. The Balaban J connectivity index is 2.78. The first-order valence-electron chi connectivity index (χ1n) is 3.69. The minimum atomic E-state index is -4.05. The van der Waals surface area contributed by atoms with Crippen LogP contribution in [0.3, 0.4) is 0 Å². The van der Waals surface area contributed by atoms with Crippen molar-refractivity contribution >= 4 is 11.6 Å². The zero-order valence-electron chi connectivity index (χ0n) is 6.93. The Morgan fingerprint density at radius 3 is 2.64 bits per heavy atom. The van der Waals surface area contributed by atoms with Crippen molar-refractivity contribution in [3.63, 3.8) is 0 Å². The first kappa shape index (κ1) is 11.3. The smallest absolute Gasteiger partial charge is 0.324 e. The highest BCUT2D eigenvalue weighted by Crippen LogP contribution is 2.25. The summed E-state index contributed by atoms with van der Waals surface area (Å²) in [5, 5.41) is 0. The van der Waals surface area contributed by atoms with E-state index in [2.05, 4.69) is 4.98 Å². The first-order valence-corrected chi connectivity index (χ1v) is 4.23. The second kappa shape index (κ2) is 4.16. The van der Waals surface area contributed by atoms with Gasteiger partial charge in [0.1, 0.15) is 5.82 Å². The van der Waals surface area contributed by atoms with E-state index < -0.39 is 18.9 Å². The van der Waals surface area contributed by atoms with E-state index in [1.807, 2.05) is 0 Å². The van der Waals surface area contributed by atoms with Crippen LogP contribution in [0, 0.1) is 0 Å². The number of aromatic nitrogens is 2. The summed E-state index contributed by atoms with van der Waals surface area (Å²) in [4.78, 5) is 3.63. The van der Waals surface area contributed by atoms with Crippen LogP contribution >= 0.6 is 11.6 Å². The van der Waals surface area contributed by atoms with Crippen molar-refractivity contribution in [1.82, 2.24) is 9.55 Å². The third kappa shape index (κ3) is 2.37. The molecule has 1 heterocycles. The van der Waals surface area contributed by atoms with Crippen LogP contribution in [0.5, 0.6) is 0 Å². The summed E-state index contributed by atoms with van der Waals surface area (Å²) in [5.74, 6) is -4.00. The molecule has 2 nitrogen and oxygen atoms in total. The lowest BCUT2D eigenvalue weighted by Gasteiger charge is -2.16. The Morgan fingerprint density at radius 1 is 1.50 bits per heavy atom. The SMILES string of the molecule is FC(F)C(F)(F)Cn1ccnc1CCl. The van der Waals surface area contributed by atoms with Gasteiger partial charge in [0.05, 0.1) is 12.4 Å². The van der Waals surface area contributed by atoms with E-state index in [0.29, 0.717) is 0 Å². The van der Waals surface area contributed by atoms with Gasteiger partial charge in [-0.25, -0.2) is 13.8 Å². The first-order chi connectivity index (χ1) is 6.47. The summed E-state index contributed by atoms with van der Waals surface area (Å²) in [5.41, 5.74) is 0. The molecule has 0 aliphatic heterocycles. The fourth-order valence-electron chi connectivity index (χ4n) is 0.911. The molecule has 0 N–H and O–H groups in total. The molecule has 0 bridgehead atoms. The van der Waals surface area contributed by atoms with Crippen LogP contribution < -0.4 is 0 Å². The van der Waals surface area contributed by atoms with Gasteiger partial charge in [0, 0.05) is 12.4 Å². The van der Waals surface area contributed by atoms with Gasteiger partial charge in [-0.2, -0.15) is 8.78 Å². The average molecular weight is 231 g/mol. The molecule has 1 aromatic heterocycles. The van der Waals surface area contributed by atoms with E-state index >= 15 is 0 Å². The van der Waals surface area contributed by atoms with Crippen LogP contribution in [-0.4, -0.2) is 21.9 Å². The number of alkyl halides is 5. The number of imidazole rings is 1. The maximum atomic E-state index is 12.6. The highest BCUT2D eigenvalue weighted by Gasteiger charge is 2.41. The summed E-state index contributed by atoms with van der Waals surface area (Å²) in [6.45, 7) is -1.10. The standard InChI is InChI=1S/C7H7ClF4N2/c8-3-5-13-1-2-14(5)4-7(11,12)6(9)10/h1-2,6H,3-4H2. The number of hydrogen-bond donors (Lipinski definition) is 0. The molecule has 0 saturated heterocycles. The summed E-state index contributed by atoms with van der Waals surface area (Å²) in [7, 11) is 0. The lowest BCUT2D eigenvalue weighted by Crippen LogP contribution is -2.32. The predicted molar refractivity (Wildman–Crippen MR) is 42.7 cm³/mol. The van der Waals surface area contributed by atoms with Crippen LogP contribution in [0.25, 0.3) is 0 Å². The molecule has 0 fully saturated rings. The minimum absolute atomic E-state index is 0.0910. The van der Waals surface area contributed by atoms with Gasteiger partial charge in [0.2, 0.25) is 0 Å². The average Bonchev–Trinajstić information content (AvgIpc) is 2.50. The van der Waals surface area contributed by atoms with Gasteiger partial charge < -0.3 is 4.57 Å². The summed E-state index contributed by atoms with van der Waals surface area (Å²) < 4.78 is 49.7. The van der Waals surface area contributed by atoms with Gasteiger partial charge in [-0.3, -0.25) is 0 Å². The number of halogens is 5. The van der Waals surface area contributed by atoms with E-state index in [1.165, 1.54) is 12.4 Å². The maximum absolute atomic E-state index is 12.6. The quantitative estimate of drug-likeness (QED) is 0.574. The highest BCUT2D eigenvalue weighted by atomic mass is 35.5. The molecule has 0 radical (unpaired) electrons. The van der Waals surface area contributed by atoms with E-state index in [9.17, 15) is 17.6 Å². The van der Waals surface area contributed by atoms with Crippen molar-refractivity contribution in [2.24, 2.45) is 0 Å². The zero-order valence-corrected chi connectivity index (χ0v) is 7.69. The molecule has 0 unspecified atom stereocenters. The second-order valence-electron chi connectivity index (χ2n) is 2.67. The maximum Gasteiger partial charge on any atom is 0.324 e. The highest BCUT2D eigenvalue weighted by molar-refractivity contribution is 6.16. The van der Waals surface area contributed by atoms with Crippen LogP contribution in [0.2, 0.25) is 0 Å². The second-order valence-corrected chi connectivity index (χ2v) is 2.93. The van der Waals surface area contributed by atoms with Crippen LogP contribution in [0.4, 0.5) is 17.6 Å². The van der Waals surface area contributed by atoms with Crippen molar-refractivity contribution in [2.45, 2.75) is 24.8 Å². The largest absolute Gasteiger partial charge is 0.328 e. The Hall–Kier alpha value is -0.780. The fourth-order valence-corrected chi connectivity index (χ4v) is 1.13. The number of rotatable bonds is 4.